The average Bonchev–Trinajstić information content (AvgIpc) is 2.91. The summed E-state index contributed by atoms with van der Waals surface area (Å²) in [6.07, 6.45) is 11.5. The van der Waals surface area contributed by atoms with Crippen LogP contribution >= 0.6 is 0 Å². The lowest BCUT2D eigenvalue weighted by Gasteiger charge is -2.24. The molecule has 224 valence electrons. The van der Waals surface area contributed by atoms with Crippen LogP contribution in [0, 0.1) is 5.92 Å². The summed E-state index contributed by atoms with van der Waals surface area (Å²) in [7, 11) is 6.36. The molecule has 0 saturated heterocycles. The number of nitrogens with one attached hydrogen (secondary N) is 1. The number of rotatable bonds is 5. The maximum Gasteiger partial charge on any atom is 0.251 e. The highest BCUT2D eigenvalue weighted by atomic mass is 16.5. The molecule has 1 aliphatic heterocycles. The van der Waals surface area contributed by atoms with Gasteiger partial charge in [-0.1, -0.05) is 31.2 Å². The van der Waals surface area contributed by atoms with E-state index in [0.29, 0.717) is 18.3 Å². The van der Waals surface area contributed by atoms with Crippen LogP contribution in [0.25, 0.3) is 0 Å². The number of primary amides is 1. The quantitative estimate of drug-likeness (QED) is 0.383. The number of carbonyl (C=O) groups excluding carboxylic acids is 4. The van der Waals surface area contributed by atoms with Gasteiger partial charge in [0.15, 0.2) is 12.0 Å². The first-order chi connectivity index (χ1) is 19.0. The molecule has 0 spiro atoms. The highest BCUT2D eigenvalue weighted by molar-refractivity contribution is 6.07. The van der Waals surface area contributed by atoms with Gasteiger partial charge in [0.25, 0.3) is 5.91 Å². The molecule has 0 fully saturated rings. The number of hydrogen-bond donors (Lipinski definition) is 2. The number of methoxy groups -OCH3 is 4. The van der Waals surface area contributed by atoms with Gasteiger partial charge < -0.3 is 30.0 Å². The third-order valence-corrected chi connectivity index (χ3v) is 6.37. The number of amides is 2. The molecule has 10 heteroatoms. The lowest BCUT2D eigenvalue weighted by atomic mass is 9.92. The molecule has 0 bridgehead atoms. The molecule has 0 aromatic carbocycles. The van der Waals surface area contributed by atoms with Crippen LogP contribution in [-0.2, 0) is 38.1 Å². The summed E-state index contributed by atoms with van der Waals surface area (Å²) in [6, 6.07) is 0. The maximum absolute atomic E-state index is 12.9. The van der Waals surface area contributed by atoms with E-state index < -0.39 is 11.7 Å². The first kappa shape index (κ1) is 36.7. The molecule has 0 radical (unpaired) electrons. The van der Waals surface area contributed by atoms with Crippen LogP contribution in [0.2, 0.25) is 0 Å². The number of allylic oxidation sites excluding steroid dienone is 6. The van der Waals surface area contributed by atoms with Gasteiger partial charge in [-0.15, -0.1) is 0 Å². The third kappa shape index (κ3) is 13.1. The molecule has 40 heavy (non-hydrogen) atoms. The summed E-state index contributed by atoms with van der Waals surface area (Å²) in [5, 5.41) is 2.48. The Balaban J connectivity index is 0.00000483. The van der Waals surface area contributed by atoms with E-state index in [2.05, 4.69) is 24.1 Å². The summed E-state index contributed by atoms with van der Waals surface area (Å²) in [5.74, 6) is -0.613. The molecule has 2 amide bonds. The number of ketones is 1. The Labute approximate surface area is 238 Å². The molecule has 0 aromatic rings. The maximum atomic E-state index is 12.9. The van der Waals surface area contributed by atoms with E-state index in [-0.39, 0.29) is 42.1 Å². The van der Waals surface area contributed by atoms with E-state index in [1.54, 1.807) is 40.4 Å². The van der Waals surface area contributed by atoms with E-state index in [4.69, 9.17) is 23.7 Å². The topological polar surface area (TPSA) is 143 Å². The van der Waals surface area contributed by atoms with Crippen molar-refractivity contribution in [3.63, 3.8) is 0 Å². The summed E-state index contributed by atoms with van der Waals surface area (Å²) in [4.78, 5) is 45.6. The monoisotopic (exact) mass is 562 g/mol. The zero-order valence-electron chi connectivity index (χ0n) is 25.0. The van der Waals surface area contributed by atoms with Crippen LogP contribution in [-0.4, -0.2) is 71.1 Å². The van der Waals surface area contributed by atoms with Crippen LogP contribution in [0.3, 0.4) is 0 Å². The molecule has 1 rings (SSSR count). The normalized spacial score (nSPS) is 30.8. The zero-order chi connectivity index (χ0) is 30.7. The van der Waals surface area contributed by atoms with E-state index in [1.165, 1.54) is 7.11 Å². The number of hydrogen-bond acceptors (Lipinski definition) is 8. The second-order valence-electron chi connectivity index (χ2n) is 9.50. The molecule has 0 aromatic heterocycles. The molecule has 4 atom stereocenters. The Bertz CT molecular complexity index is 994. The Morgan fingerprint density at radius 3 is 2.20 bits per heavy atom. The van der Waals surface area contributed by atoms with Gasteiger partial charge in [-0.05, 0) is 63.5 Å². The Morgan fingerprint density at radius 2 is 1.68 bits per heavy atom. The highest BCUT2D eigenvalue weighted by Crippen LogP contribution is 2.24. The molecule has 0 aliphatic carbocycles. The molecule has 10 nitrogen and oxygen atoms in total. The van der Waals surface area contributed by atoms with Crippen LogP contribution < -0.4 is 11.1 Å². The Morgan fingerprint density at radius 1 is 1.02 bits per heavy atom. The van der Waals surface area contributed by atoms with Crippen LogP contribution in [0.5, 0.6) is 0 Å². The predicted octanol–water partition coefficient (Wildman–Crippen LogP) is 3.48. The summed E-state index contributed by atoms with van der Waals surface area (Å²) >= 11 is 0. The second-order valence-corrected chi connectivity index (χ2v) is 9.50. The smallest absolute Gasteiger partial charge is 0.251 e. The average molecular weight is 563 g/mol. The highest BCUT2D eigenvalue weighted by Gasteiger charge is 2.21. The number of nitrogens with two attached hydrogens (primary N) is 1. The van der Waals surface area contributed by atoms with Crippen molar-refractivity contribution in [3.05, 3.63) is 58.6 Å². The van der Waals surface area contributed by atoms with Crippen molar-refractivity contribution in [3.8, 4) is 0 Å². The van der Waals surface area contributed by atoms with Crippen molar-refractivity contribution in [1.29, 1.82) is 0 Å². The molecular formula is C30H46N2O8. The lowest BCUT2D eigenvalue weighted by molar-refractivity contribution is -0.118. The molecule has 1 aliphatic rings. The molecule has 3 N–H and O–H groups in total. The van der Waals surface area contributed by atoms with Crippen molar-refractivity contribution in [2.75, 3.05) is 28.4 Å². The van der Waals surface area contributed by atoms with Gasteiger partial charge >= 0.3 is 0 Å². The van der Waals surface area contributed by atoms with Crippen molar-refractivity contribution in [1.82, 2.24) is 5.32 Å². The van der Waals surface area contributed by atoms with Crippen molar-refractivity contribution in [2.24, 2.45) is 11.7 Å². The molecule has 0 saturated carbocycles. The van der Waals surface area contributed by atoms with Gasteiger partial charge in [0.2, 0.25) is 12.2 Å². The zero-order valence-corrected chi connectivity index (χ0v) is 25.0. The van der Waals surface area contributed by atoms with Gasteiger partial charge in [0.1, 0.15) is 12.2 Å². The second kappa shape index (κ2) is 20.5. The van der Waals surface area contributed by atoms with Crippen LogP contribution in [0.4, 0.5) is 0 Å². The minimum absolute atomic E-state index is 0.0478. The third-order valence-electron chi connectivity index (χ3n) is 6.37. The van der Waals surface area contributed by atoms with E-state index in [1.807, 2.05) is 19.9 Å². The summed E-state index contributed by atoms with van der Waals surface area (Å²) < 4.78 is 22.4. The SMILES string of the molecule is CO/C1=C(/C)C[C@@H](C)CC(OC)CC/C=C(\C)C(OC)C(OC)/C=C\C=C(/C)C(=O)N/C(C=O)=C/C1=O.NC=O. The fourth-order valence-electron chi connectivity index (χ4n) is 4.38. The van der Waals surface area contributed by atoms with E-state index in [0.717, 1.165) is 36.5 Å². The number of ether oxygens (including phenoxy) is 4. The Hall–Kier alpha value is -3.34. The number of carbonyl (C=O) groups is 4. The largest absolute Gasteiger partial charge is 0.493 e. The van der Waals surface area contributed by atoms with Gasteiger partial charge in [-0.3, -0.25) is 19.2 Å². The minimum atomic E-state index is -0.506. The van der Waals surface area contributed by atoms with Gasteiger partial charge in [0, 0.05) is 33.0 Å². The fourth-order valence-corrected chi connectivity index (χ4v) is 4.38. The van der Waals surface area contributed by atoms with Crippen molar-refractivity contribution >= 4 is 24.4 Å². The minimum Gasteiger partial charge on any atom is -0.493 e. The first-order valence-corrected chi connectivity index (χ1v) is 13.0. The van der Waals surface area contributed by atoms with Gasteiger partial charge in [-0.2, -0.15) is 0 Å². The Kier molecular flexibility index (Phi) is 18.8. The van der Waals surface area contributed by atoms with Crippen molar-refractivity contribution < 1.29 is 38.1 Å². The summed E-state index contributed by atoms with van der Waals surface area (Å²) in [5.41, 5.74) is 6.16. The molecule has 3 unspecified atom stereocenters. The fraction of sp³-hybridized carbons (Fsp3) is 0.533. The summed E-state index contributed by atoms with van der Waals surface area (Å²) in [6.45, 7) is 7.55. The first-order valence-electron chi connectivity index (χ1n) is 13.0. The molecular weight excluding hydrogens is 516 g/mol. The van der Waals surface area contributed by atoms with Gasteiger partial charge in [-0.25, -0.2) is 0 Å². The lowest BCUT2D eigenvalue weighted by Crippen LogP contribution is -2.29. The van der Waals surface area contributed by atoms with E-state index in [9.17, 15) is 14.4 Å². The standard InChI is InChI=1S/C29H43NO7.CH3NO/c1-19-15-22(4)27(36-7)25(32)17-23(18-31)30-29(33)21(3)12-10-14-26(35-6)28(37-8)20(2)11-9-13-24(16-19)34-5;2-1-3/h10-12,14,17-19,24,26,28H,9,13,15-16H2,1-8H3,(H,30,33);1H,(H2,2,3)/b14-10-,20-11+,21-12+,23-17+,27-22-;/t19-,24?,26?,28?;/m1./s1. The predicted molar refractivity (Wildman–Crippen MR) is 154 cm³/mol. The van der Waals surface area contributed by atoms with Crippen molar-refractivity contribution in [2.45, 2.75) is 71.7 Å². The van der Waals surface area contributed by atoms with Crippen LogP contribution in [0.1, 0.15) is 53.4 Å². The van der Waals surface area contributed by atoms with Crippen LogP contribution in [0.15, 0.2) is 58.6 Å². The van der Waals surface area contributed by atoms with E-state index >= 15 is 0 Å². The van der Waals surface area contributed by atoms with Gasteiger partial charge in [0.05, 0.1) is 18.9 Å². The molecule has 1 heterocycles. The number of aldehydes is 1.